The number of carbonyl (C=O) groups is 2. The first-order chi connectivity index (χ1) is 11.8. The van der Waals surface area contributed by atoms with Crippen LogP contribution in [0.25, 0.3) is 0 Å². The Morgan fingerprint density at radius 1 is 1.24 bits per heavy atom. The molecule has 1 N–H and O–H groups in total. The summed E-state index contributed by atoms with van der Waals surface area (Å²) in [7, 11) is 1.46. The second-order valence-electron chi connectivity index (χ2n) is 5.43. The third kappa shape index (κ3) is 4.70. The largest absolute Gasteiger partial charge is 0.495 e. The number of anilines is 2. The van der Waals surface area contributed by atoms with Crippen LogP contribution in [0.4, 0.5) is 15.8 Å². The van der Waals surface area contributed by atoms with Gasteiger partial charge >= 0.3 is 0 Å². The van der Waals surface area contributed by atoms with Crippen molar-refractivity contribution < 1.29 is 18.7 Å². The van der Waals surface area contributed by atoms with E-state index in [1.165, 1.54) is 43.2 Å². The summed E-state index contributed by atoms with van der Waals surface area (Å²) in [6.07, 6.45) is 0. The Morgan fingerprint density at radius 3 is 2.44 bits per heavy atom. The molecule has 0 saturated carbocycles. The van der Waals surface area contributed by atoms with Crippen LogP contribution in [-0.2, 0) is 9.59 Å². The van der Waals surface area contributed by atoms with Crippen molar-refractivity contribution in [3.05, 3.63) is 52.8 Å². The standard InChI is InChI=1S/C18H18ClFN2O3/c1-11-8-16(17(25-3)9-15(11)19)22(12(2)23)10-18(24)21-14-6-4-13(20)5-7-14/h4-9H,10H2,1-3H3,(H,21,24). The highest BCUT2D eigenvalue weighted by Crippen LogP contribution is 2.33. The van der Waals surface area contributed by atoms with Gasteiger partial charge in [0.1, 0.15) is 18.1 Å². The molecule has 2 aromatic rings. The fourth-order valence-corrected chi connectivity index (χ4v) is 2.42. The Kier molecular flexibility index (Phi) is 5.98. The highest BCUT2D eigenvalue weighted by molar-refractivity contribution is 6.31. The normalized spacial score (nSPS) is 10.3. The molecule has 0 aromatic heterocycles. The maximum Gasteiger partial charge on any atom is 0.244 e. The van der Waals surface area contributed by atoms with E-state index in [2.05, 4.69) is 5.32 Å². The van der Waals surface area contributed by atoms with E-state index in [1.807, 2.05) is 0 Å². The SMILES string of the molecule is COc1cc(Cl)c(C)cc1N(CC(=O)Nc1ccc(F)cc1)C(C)=O. The van der Waals surface area contributed by atoms with E-state index in [-0.39, 0.29) is 12.5 Å². The van der Waals surface area contributed by atoms with Crippen molar-refractivity contribution >= 4 is 34.8 Å². The number of benzene rings is 2. The summed E-state index contributed by atoms with van der Waals surface area (Å²) < 4.78 is 18.2. The van der Waals surface area contributed by atoms with E-state index in [0.717, 1.165) is 5.56 Å². The lowest BCUT2D eigenvalue weighted by molar-refractivity contribution is -0.120. The van der Waals surface area contributed by atoms with Gasteiger partial charge in [0.25, 0.3) is 0 Å². The molecule has 0 fully saturated rings. The van der Waals surface area contributed by atoms with Crippen LogP contribution in [0.2, 0.25) is 5.02 Å². The number of aryl methyl sites for hydroxylation is 1. The average Bonchev–Trinajstić information content (AvgIpc) is 2.56. The highest BCUT2D eigenvalue weighted by Gasteiger charge is 2.21. The Bertz CT molecular complexity index is 794. The summed E-state index contributed by atoms with van der Waals surface area (Å²) in [6, 6.07) is 8.65. The number of amides is 2. The molecule has 0 spiro atoms. The molecule has 0 unspecified atom stereocenters. The molecule has 0 aliphatic rings. The number of halogens is 2. The summed E-state index contributed by atoms with van der Waals surface area (Å²) in [4.78, 5) is 25.6. The lowest BCUT2D eigenvalue weighted by atomic mass is 10.2. The number of hydrogen-bond acceptors (Lipinski definition) is 3. The Labute approximate surface area is 150 Å². The molecular weight excluding hydrogens is 347 g/mol. The first-order valence-corrected chi connectivity index (χ1v) is 7.87. The number of methoxy groups -OCH3 is 1. The zero-order chi connectivity index (χ0) is 18.6. The number of hydrogen-bond donors (Lipinski definition) is 1. The Morgan fingerprint density at radius 2 is 1.88 bits per heavy atom. The lowest BCUT2D eigenvalue weighted by Crippen LogP contribution is -2.37. The molecule has 5 nitrogen and oxygen atoms in total. The van der Waals surface area contributed by atoms with Crippen molar-refractivity contribution in [1.82, 2.24) is 0 Å². The van der Waals surface area contributed by atoms with Crippen LogP contribution >= 0.6 is 11.6 Å². The van der Waals surface area contributed by atoms with Gasteiger partial charge in [-0.2, -0.15) is 0 Å². The summed E-state index contributed by atoms with van der Waals surface area (Å²) in [5, 5.41) is 3.12. The van der Waals surface area contributed by atoms with Crippen LogP contribution in [0, 0.1) is 12.7 Å². The van der Waals surface area contributed by atoms with E-state index in [4.69, 9.17) is 16.3 Å². The zero-order valence-electron chi connectivity index (χ0n) is 14.1. The van der Waals surface area contributed by atoms with E-state index >= 15 is 0 Å². The molecule has 25 heavy (non-hydrogen) atoms. The van der Waals surface area contributed by atoms with E-state index in [0.29, 0.717) is 22.1 Å². The van der Waals surface area contributed by atoms with Crippen molar-refractivity contribution in [3.8, 4) is 5.75 Å². The van der Waals surface area contributed by atoms with E-state index in [1.54, 1.807) is 19.1 Å². The van der Waals surface area contributed by atoms with Crippen LogP contribution in [0.1, 0.15) is 12.5 Å². The van der Waals surface area contributed by atoms with Crippen molar-refractivity contribution in [1.29, 1.82) is 0 Å². The summed E-state index contributed by atoms with van der Waals surface area (Å²) in [5.41, 5.74) is 1.64. The summed E-state index contributed by atoms with van der Waals surface area (Å²) >= 11 is 6.08. The molecule has 0 radical (unpaired) electrons. The molecule has 0 aliphatic heterocycles. The third-order valence-corrected chi connectivity index (χ3v) is 3.97. The molecule has 0 saturated heterocycles. The predicted octanol–water partition coefficient (Wildman–Crippen LogP) is 3.79. The van der Waals surface area contributed by atoms with Gasteiger partial charge in [-0.25, -0.2) is 4.39 Å². The zero-order valence-corrected chi connectivity index (χ0v) is 14.9. The number of rotatable bonds is 5. The Balaban J connectivity index is 2.24. The van der Waals surface area contributed by atoms with Gasteiger partial charge in [0, 0.05) is 23.7 Å². The van der Waals surface area contributed by atoms with Gasteiger partial charge in [-0.15, -0.1) is 0 Å². The number of carbonyl (C=O) groups excluding carboxylic acids is 2. The molecule has 2 amide bonds. The monoisotopic (exact) mass is 364 g/mol. The predicted molar refractivity (Wildman–Crippen MR) is 95.8 cm³/mol. The minimum absolute atomic E-state index is 0.218. The fraction of sp³-hybridized carbons (Fsp3) is 0.222. The van der Waals surface area contributed by atoms with Gasteiger partial charge in [0.2, 0.25) is 11.8 Å². The van der Waals surface area contributed by atoms with E-state index < -0.39 is 11.7 Å². The molecule has 132 valence electrons. The van der Waals surface area contributed by atoms with Gasteiger partial charge in [0.05, 0.1) is 12.8 Å². The minimum atomic E-state index is -0.420. The summed E-state index contributed by atoms with van der Waals surface area (Å²) in [5.74, 6) is -0.754. The molecule has 2 rings (SSSR count). The average molecular weight is 365 g/mol. The topological polar surface area (TPSA) is 58.6 Å². The Hall–Kier alpha value is -2.60. The van der Waals surface area contributed by atoms with E-state index in [9.17, 15) is 14.0 Å². The molecule has 0 atom stereocenters. The van der Waals surface area contributed by atoms with Crippen LogP contribution < -0.4 is 15.0 Å². The molecular formula is C18H18ClFN2O3. The molecule has 0 bridgehead atoms. The van der Waals surface area contributed by atoms with Crippen LogP contribution in [0.3, 0.4) is 0 Å². The van der Waals surface area contributed by atoms with Gasteiger partial charge in [0.15, 0.2) is 0 Å². The third-order valence-electron chi connectivity index (χ3n) is 3.56. The number of ether oxygens (including phenoxy) is 1. The van der Waals surface area contributed by atoms with Crippen LogP contribution in [0.15, 0.2) is 36.4 Å². The lowest BCUT2D eigenvalue weighted by Gasteiger charge is -2.23. The quantitative estimate of drug-likeness (QED) is 0.878. The first kappa shape index (κ1) is 18.7. The maximum atomic E-state index is 12.9. The maximum absolute atomic E-state index is 12.9. The van der Waals surface area contributed by atoms with Crippen LogP contribution in [-0.4, -0.2) is 25.5 Å². The second-order valence-corrected chi connectivity index (χ2v) is 5.84. The van der Waals surface area contributed by atoms with Gasteiger partial charge in [-0.1, -0.05) is 11.6 Å². The summed E-state index contributed by atoms with van der Waals surface area (Å²) in [6.45, 7) is 2.93. The van der Waals surface area contributed by atoms with Crippen molar-refractivity contribution in [2.24, 2.45) is 0 Å². The van der Waals surface area contributed by atoms with Crippen molar-refractivity contribution in [2.45, 2.75) is 13.8 Å². The van der Waals surface area contributed by atoms with Gasteiger partial charge in [-0.3, -0.25) is 14.5 Å². The smallest absolute Gasteiger partial charge is 0.244 e. The number of nitrogens with zero attached hydrogens (tertiary/aromatic N) is 1. The first-order valence-electron chi connectivity index (χ1n) is 7.49. The van der Waals surface area contributed by atoms with Crippen molar-refractivity contribution in [2.75, 3.05) is 23.9 Å². The molecule has 2 aromatic carbocycles. The second kappa shape index (κ2) is 7.98. The van der Waals surface area contributed by atoms with Gasteiger partial charge < -0.3 is 10.1 Å². The highest BCUT2D eigenvalue weighted by atomic mass is 35.5. The van der Waals surface area contributed by atoms with Crippen LogP contribution in [0.5, 0.6) is 5.75 Å². The fourth-order valence-electron chi connectivity index (χ4n) is 2.27. The minimum Gasteiger partial charge on any atom is -0.495 e. The van der Waals surface area contributed by atoms with Crippen molar-refractivity contribution in [3.63, 3.8) is 0 Å². The molecule has 0 heterocycles. The molecule has 7 heteroatoms. The van der Waals surface area contributed by atoms with Gasteiger partial charge in [-0.05, 0) is 42.8 Å². The molecule has 0 aliphatic carbocycles. The number of nitrogens with one attached hydrogen (secondary N) is 1.